The molecule has 0 aliphatic carbocycles. The van der Waals surface area contributed by atoms with Crippen LogP contribution in [0.25, 0.3) is 0 Å². The summed E-state index contributed by atoms with van der Waals surface area (Å²) in [6.07, 6.45) is 1.38. The van der Waals surface area contributed by atoms with Crippen LogP contribution in [0.3, 0.4) is 0 Å². The van der Waals surface area contributed by atoms with Crippen molar-refractivity contribution in [2.75, 3.05) is 6.61 Å². The van der Waals surface area contributed by atoms with Crippen LogP contribution in [0.4, 0.5) is 0 Å². The first kappa shape index (κ1) is 11.6. The van der Waals surface area contributed by atoms with Gasteiger partial charge in [-0.1, -0.05) is 30.3 Å². The highest BCUT2D eigenvalue weighted by Gasteiger charge is 2.37. The van der Waals surface area contributed by atoms with E-state index < -0.39 is 0 Å². The van der Waals surface area contributed by atoms with Gasteiger partial charge in [-0.3, -0.25) is 0 Å². The highest BCUT2D eigenvalue weighted by atomic mass is 16.5. The minimum atomic E-state index is 0.106. The molecule has 3 atom stereocenters. The molecule has 1 aromatic rings. The van der Waals surface area contributed by atoms with Crippen LogP contribution in [0.2, 0.25) is 0 Å². The van der Waals surface area contributed by atoms with E-state index in [9.17, 15) is 0 Å². The number of ether oxygens (including phenoxy) is 1. The van der Waals surface area contributed by atoms with Gasteiger partial charge >= 0.3 is 0 Å². The van der Waals surface area contributed by atoms with Gasteiger partial charge in [0.2, 0.25) is 0 Å². The SMILES string of the molecule is CC(NC1(C)CCOC1C)c1ccccc1. The summed E-state index contributed by atoms with van der Waals surface area (Å²) in [6, 6.07) is 10.9. The predicted molar refractivity (Wildman–Crippen MR) is 66.4 cm³/mol. The molecule has 0 bridgehead atoms. The van der Waals surface area contributed by atoms with Crippen LogP contribution < -0.4 is 5.32 Å². The monoisotopic (exact) mass is 219 g/mol. The standard InChI is InChI=1S/C14H21NO/c1-11(13-7-5-4-6-8-13)15-14(3)9-10-16-12(14)2/h4-8,11-12,15H,9-10H2,1-3H3. The highest BCUT2D eigenvalue weighted by Crippen LogP contribution is 2.28. The quantitative estimate of drug-likeness (QED) is 0.844. The maximum Gasteiger partial charge on any atom is 0.0726 e. The fourth-order valence-electron chi connectivity index (χ4n) is 2.34. The summed E-state index contributed by atoms with van der Waals surface area (Å²) < 4.78 is 5.64. The van der Waals surface area contributed by atoms with Gasteiger partial charge in [0.25, 0.3) is 0 Å². The second kappa shape index (κ2) is 4.56. The average molecular weight is 219 g/mol. The molecule has 0 aromatic heterocycles. The Labute approximate surface area is 98.0 Å². The molecule has 1 fully saturated rings. The Kier molecular flexibility index (Phi) is 3.31. The Balaban J connectivity index is 2.05. The smallest absolute Gasteiger partial charge is 0.0726 e. The normalized spacial score (nSPS) is 31.6. The summed E-state index contributed by atoms with van der Waals surface area (Å²) in [4.78, 5) is 0. The molecule has 0 amide bonds. The van der Waals surface area contributed by atoms with E-state index in [-0.39, 0.29) is 5.54 Å². The molecule has 1 heterocycles. The summed E-state index contributed by atoms with van der Waals surface area (Å²) >= 11 is 0. The molecular weight excluding hydrogens is 198 g/mol. The van der Waals surface area contributed by atoms with Gasteiger partial charge in [-0.05, 0) is 32.8 Å². The Morgan fingerprint density at radius 1 is 1.38 bits per heavy atom. The molecule has 1 N–H and O–H groups in total. The fraction of sp³-hybridized carbons (Fsp3) is 0.571. The summed E-state index contributed by atoms with van der Waals surface area (Å²) in [5, 5.41) is 3.70. The molecule has 2 nitrogen and oxygen atoms in total. The number of benzene rings is 1. The van der Waals surface area contributed by atoms with Gasteiger partial charge in [0.15, 0.2) is 0 Å². The van der Waals surface area contributed by atoms with Crippen LogP contribution in [0, 0.1) is 0 Å². The minimum absolute atomic E-state index is 0.106. The van der Waals surface area contributed by atoms with E-state index in [1.54, 1.807) is 0 Å². The van der Waals surface area contributed by atoms with E-state index in [2.05, 4.69) is 56.4 Å². The van der Waals surface area contributed by atoms with Crippen molar-refractivity contribution in [3.05, 3.63) is 35.9 Å². The van der Waals surface area contributed by atoms with E-state index in [1.807, 2.05) is 0 Å². The predicted octanol–water partition coefficient (Wildman–Crippen LogP) is 2.90. The third-order valence-electron chi connectivity index (χ3n) is 3.73. The molecule has 1 aliphatic heterocycles. The third kappa shape index (κ3) is 2.28. The lowest BCUT2D eigenvalue weighted by molar-refractivity contribution is 0.0850. The van der Waals surface area contributed by atoms with Crippen molar-refractivity contribution < 1.29 is 4.74 Å². The largest absolute Gasteiger partial charge is 0.377 e. The first-order chi connectivity index (χ1) is 7.62. The zero-order valence-corrected chi connectivity index (χ0v) is 10.4. The van der Waals surface area contributed by atoms with Gasteiger partial charge in [0.05, 0.1) is 6.10 Å². The summed E-state index contributed by atoms with van der Waals surface area (Å²) in [5.74, 6) is 0. The maximum atomic E-state index is 5.64. The summed E-state index contributed by atoms with van der Waals surface area (Å²) in [6.45, 7) is 7.49. The van der Waals surface area contributed by atoms with Crippen LogP contribution >= 0.6 is 0 Å². The summed E-state index contributed by atoms with van der Waals surface area (Å²) in [5.41, 5.74) is 1.44. The van der Waals surface area contributed by atoms with Crippen molar-refractivity contribution in [1.29, 1.82) is 0 Å². The van der Waals surface area contributed by atoms with Crippen molar-refractivity contribution >= 4 is 0 Å². The second-order valence-electron chi connectivity index (χ2n) is 4.96. The fourth-order valence-corrected chi connectivity index (χ4v) is 2.34. The van der Waals surface area contributed by atoms with E-state index in [4.69, 9.17) is 4.74 Å². The van der Waals surface area contributed by atoms with Gasteiger partial charge in [-0.2, -0.15) is 0 Å². The number of rotatable bonds is 3. The molecule has 16 heavy (non-hydrogen) atoms. The lowest BCUT2D eigenvalue weighted by Gasteiger charge is -2.32. The Bertz CT molecular complexity index is 338. The van der Waals surface area contributed by atoms with E-state index in [0.29, 0.717) is 12.1 Å². The minimum Gasteiger partial charge on any atom is -0.377 e. The first-order valence-electron chi connectivity index (χ1n) is 6.06. The Morgan fingerprint density at radius 2 is 2.06 bits per heavy atom. The van der Waals surface area contributed by atoms with Crippen LogP contribution in [0.5, 0.6) is 0 Å². The molecular formula is C14H21NO. The van der Waals surface area contributed by atoms with Crippen LogP contribution in [0.1, 0.15) is 38.8 Å². The average Bonchev–Trinajstić information content (AvgIpc) is 2.60. The maximum absolute atomic E-state index is 5.64. The van der Waals surface area contributed by atoms with Gasteiger partial charge < -0.3 is 10.1 Å². The van der Waals surface area contributed by atoms with Crippen molar-refractivity contribution in [2.24, 2.45) is 0 Å². The number of hydrogen-bond acceptors (Lipinski definition) is 2. The van der Waals surface area contributed by atoms with Crippen molar-refractivity contribution in [1.82, 2.24) is 5.32 Å². The summed E-state index contributed by atoms with van der Waals surface area (Å²) in [7, 11) is 0. The van der Waals surface area contributed by atoms with Crippen LogP contribution in [-0.2, 0) is 4.74 Å². The third-order valence-corrected chi connectivity index (χ3v) is 3.73. The Morgan fingerprint density at radius 3 is 2.62 bits per heavy atom. The van der Waals surface area contributed by atoms with Gasteiger partial charge in [0.1, 0.15) is 0 Å². The molecule has 0 radical (unpaired) electrons. The highest BCUT2D eigenvalue weighted by molar-refractivity contribution is 5.19. The van der Waals surface area contributed by atoms with E-state index in [1.165, 1.54) is 5.56 Å². The topological polar surface area (TPSA) is 21.3 Å². The van der Waals surface area contributed by atoms with Gasteiger partial charge in [0, 0.05) is 18.2 Å². The molecule has 0 spiro atoms. The number of hydrogen-bond donors (Lipinski definition) is 1. The van der Waals surface area contributed by atoms with Gasteiger partial charge in [-0.25, -0.2) is 0 Å². The molecule has 2 heteroatoms. The zero-order valence-electron chi connectivity index (χ0n) is 10.4. The molecule has 3 unspecified atom stereocenters. The lowest BCUT2D eigenvalue weighted by atomic mass is 9.92. The molecule has 88 valence electrons. The van der Waals surface area contributed by atoms with E-state index >= 15 is 0 Å². The molecule has 1 aromatic carbocycles. The first-order valence-corrected chi connectivity index (χ1v) is 6.06. The zero-order chi connectivity index (χ0) is 11.6. The number of nitrogens with one attached hydrogen (secondary N) is 1. The van der Waals surface area contributed by atoms with Crippen molar-refractivity contribution in [3.63, 3.8) is 0 Å². The van der Waals surface area contributed by atoms with Crippen LogP contribution in [0.15, 0.2) is 30.3 Å². The second-order valence-corrected chi connectivity index (χ2v) is 4.96. The van der Waals surface area contributed by atoms with Crippen molar-refractivity contribution in [3.8, 4) is 0 Å². The lowest BCUT2D eigenvalue weighted by Crippen LogP contribution is -2.48. The molecule has 0 saturated carbocycles. The van der Waals surface area contributed by atoms with Crippen LogP contribution in [-0.4, -0.2) is 18.2 Å². The van der Waals surface area contributed by atoms with Gasteiger partial charge in [-0.15, -0.1) is 0 Å². The van der Waals surface area contributed by atoms with Crippen molar-refractivity contribution in [2.45, 2.75) is 44.9 Å². The molecule has 1 aliphatic rings. The van der Waals surface area contributed by atoms with E-state index in [0.717, 1.165) is 13.0 Å². The molecule has 1 saturated heterocycles. The molecule has 2 rings (SSSR count). The Hall–Kier alpha value is -0.860.